The zero-order valence-corrected chi connectivity index (χ0v) is 17.7. The number of nitrogens with zero attached hydrogens (tertiary/aromatic N) is 1. The third kappa shape index (κ3) is 4.85. The summed E-state index contributed by atoms with van der Waals surface area (Å²) in [7, 11) is 0. The van der Waals surface area contributed by atoms with Gasteiger partial charge in [0, 0.05) is 29.9 Å². The van der Waals surface area contributed by atoms with Crippen LogP contribution in [0.15, 0.2) is 42.5 Å². The molecule has 0 saturated carbocycles. The fourth-order valence-electron chi connectivity index (χ4n) is 3.62. The number of anilines is 1. The molecule has 154 valence electrons. The quantitative estimate of drug-likeness (QED) is 0.802. The van der Waals surface area contributed by atoms with E-state index in [2.05, 4.69) is 45.1 Å². The molecule has 5 nitrogen and oxygen atoms in total. The fraction of sp³-hybridized carbons (Fsp3) is 0.417. The van der Waals surface area contributed by atoms with E-state index < -0.39 is 0 Å². The lowest BCUT2D eigenvalue weighted by molar-refractivity contribution is 0.0303. The summed E-state index contributed by atoms with van der Waals surface area (Å²) in [6.45, 7) is 10.7. The first-order chi connectivity index (χ1) is 13.9. The summed E-state index contributed by atoms with van der Waals surface area (Å²) in [5.74, 6) is 0.321. The highest BCUT2D eigenvalue weighted by Gasteiger charge is 2.21. The highest BCUT2D eigenvalue weighted by molar-refractivity contribution is 6.07. The van der Waals surface area contributed by atoms with Crippen LogP contribution in [0.1, 0.15) is 71.4 Å². The van der Waals surface area contributed by atoms with Crippen LogP contribution in [0.3, 0.4) is 0 Å². The van der Waals surface area contributed by atoms with Crippen LogP contribution in [0.5, 0.6) is 0 Å². The minimum absolute atomic E-state index is 0.0617. The SMILES string of the molecule is CC(C)c1cccc(C(C)C)c1NC(=O)c1cccc(C(=O)N2CCOCC2)c1. The van der Waals surface area contributed by atoms with Gasteiger partial charge in [-0.1, -0.05) is 52.0 Å². The van der Waals surface area contributed by atoms with Crippen LogP contribution in [0, 0.1) is 0 Å². The van der Waals surface area contributed by atoms with Gasteiger partial charge in [0.15, 0.2) is 0 Å². The molecule has 0 bridgehead atoms. The van der Waals surface area contributed by atoms with Crippen molar-refractivity contribution in [3.63, 3.8) is 0 Å². The largest absolute Gasteiger partial charge is 0.378 e. The maximum absolute atomic E-state index is 13.1. The molecule has 1 saturated heterocycles. The number of amides is 2. The summed E-state index contributed by atoms with van der Waals surface area (Å²) >= 11 is 0. The summed E-state index contributed by atoms with van der Waals surface area (Å²) in [6, 6.07) is 13.1. The molecule has 2 amide bonds. The Balaban J connectivity index is 1.86. The first-order valence-electron chi connectivity index (χ1n) is 10.3. The van der Waals surface area contributed by atoms with Crippen molar-refractivity contribution in [1.29, 1.82) is 0 Å². The molecule has 1 fully saturated rings. The number of benzene rings is 2. The van der Waals surface area contributed by atoms with Crippen LogP contribution >= 0.6 is 0 Å². The standard InChI is InChI=1S/C24H30N2O3/c1-16(2)20-9-6-10-21(17(3)4)22(20)25-23(27)18-7-5-8-19(15-18)24(28)26-11-13-29-14-12-26/h5-10,15-17H,11-14H2,1-4H3,(H,25,27). The summed E-state index contributed by atoms with van der Waals surface area (Å²) in [5, 5.41) is 3.12. The normalized spacial score (nSPS) is 14.3. The number of nitrogens with one attached hydrogen (secondary N) is 1. The van der Waals surface area contributed by atoms with Gasteiger partial charge >= 0.3 is 0 Å². The fourth-order valence-corrected chi connectivity index (χ4v) is 3.62. The smallest absolute Gasteiger partial charge is 0.255 e. The van der Waals surface area contributed by atoms with Gasteiger partial charge in [0.1, 0.15) is 0 Å². The van der Waals surface area contributed by atoms with Crippen molar-refractivity contribution in [2.45, 2.75) is 39.5 Å². The van der Waals surface area contributed by atoms with Gasteiger partial charge in [-0.25, -0.2) is 0 Å². The zero-order chi connectivity index (χ0) is 21.0. The van der Waals surface area contributed by atoms with Gasteiger partial charge in [-0.15, -0.1) is 0 Å². The van der Waals surface area contributed by atoms with E-state index >= 15 is 0 Å². The molecule has 0 atom stereocenters. The van der Waals surface area contributed by atoms with E-state index in [4.69, 9.17) is 4.74 Å². The Morgan fingerprint density at radius 2 is 1.45 bits per heavy atom. The van der Waals surface area contributed by atoms with E-state index in [-0.39, 0.29) is 11.8 Å². The molecule has 1 aliphatic rings. The number of hydrogen-bond donors (Lipinski definition) is 1. The van der Waals surface area contributed by atoms with Crippen LogP contribution in [-0.4, -0.2) is 43.0 Å². The topological polar surface area (TPSA) is 58.6 Å². The lowest BCUT2D eigenvalue weighted by atomic mass is 9.92. The van der Waals surface area contributed by atoms with Crippen molar-refractivity contribution >= 4 is 17.5 Å². The minimum Gasteiger partial charge on any atom is -0.378 e. The summed E-state index contributed by atoms with van der Waals surface area (Å²) in [6.07, 6.45) is 0. The molecule has 0 spiro atoms. The van der Waals surface area contributed by atoms with E-state index in [0.717, 1.165) is 16.8 Å². The molecule has 0 aliphatic carbocycles. The maximum atomic E-state index is 13.1. The first kappa shape index (κ1) is 21.1. The summed E-state index contributed by atoms with van der Waals surface area (Å²) in [4.78, 5) is 27.6. The maximum Gasteiger partial charge on any atom is 0.255 e. The van der Waals surface area contributed by atoms with Crippen molar-refractivity contribution < 1.29 is 14.3 Å². The Hall–Kier alpha value is -2.66. The van der Waals surface area contributed by atoms with Gasteiger partial charge in [-0.2, -0.15) is 0 Å². The molecular weight excluding hydrogens is 364 g/mol. The highest BCUT2D eigenvalue weighted by Crippen LogP contribution is 2.32. The average Bonchev–Trinajstić information content (AvgIpc) is 2.73. The number of para-hydroxylation sites is 1. The Kier molecular flexibility index (Phi) is 6.70. The van der Waals surface area contributed by atoms with Crippen LogP contribution in [0.4, 0.5) is 5.69 Å². The molecule has 0 unspecified atom stereocenters. The van der Waals surface area contributed by atoms with Gasteiger partial charge in [0.2, 0.25) is 0 Å². The molecule has 2 aromatic carbocycles. The van der Waals surface area contributed by atoms with E-state index in [1.165, 1.54) is 0 Å². The molecule has 1 heterocycles. The summed E-state index contributed by atoms with van der Waals surface area (Å²) < 4.78 is 5.32. The monoisotopic (exact) mass is 394 g/mol. The van der Waals surface area contributed by atoms with Crippen LogP contribution in [0.2, 0.25) is 0 Å². The lowest BCUT2D eigenvalue weighted by Gasteiger charge is -2.27. The zero-order valence-electron chi connectivity index (χ0n) is 17.7. The molecule has 0 radical (unpaired) electrons. The highest BCUT2D eigenvalue weighted by atomic mass is 16.5. The average molecular weight is 395 g/mol. The van der Waals surface area contributed by atoms with Crippen molar-refractivity contribution in [2.24, 2.45) is 0 Å². The van der Waals surface area contributed by atoms with Gasteiger partial charge in [-0.3, -0.25) is 9.59 Å². The number of hydrogen-bond acceptors (Lipinski definition) is 3. The van der Waals surface area contributed by atoms with Gasteiger partial charge in [-0.05, 0) is 41.2 Å². The second-order valence-corrected chi connectivity index (χ2v) is 8.06. The lowest BCUT2D eigenvalue weighted by Crippen LogP contribution is -2.40. The second kappa shape index (κ2) is 9.23. The molecular formula is C24H30N2O3. The Bertz CT molecular complexity index is 857. The number of rotatable bonds is 5. The molecule has 1 N–H and O–H groups in total. The van der Waals surface area contributed by atoms with Crippen molar-refractivity contribution in [1.82, 2.24) is 4.90 Å². The van der Waals surface area contributed by atoms with Crippen LogP contribution < -0.4 is 5.32 Å². The molecule has 3 rings (SSSR count). The number of ether oxygens (including phenoxy) is 1. The third-order valence-electron chi connectivity index (χ3n) is 5.28. The van der Waals surface area contributed by atoms with Gasteiger partial charge < -0.3 is 15.0 Å². The van der Waals surface area contributed by atoms with E-state index in [9.17, 15) is 9.59 Å². The number of morpholine rings is 1. The van der Waals surface area contributed by atoms with Crippen LogP contribution in [0.25, 0.3) is 0 Å². The molecule has 29 heavy (non-hydrogen) atoms. The van der Waals surface area contributed by atoms with E-state index in [1.807, 2.05) is 6.07 Å². The number of carbonyl (C=O) groups excluding carboxylic acids is 2. The molecule has 1 aliphatic heterocycles. The third-order valence-corrected chi connectivity index (χ3v) is 5.28. The van der Waals surface area contributed by atoms with E-state index in [1.54, 1.807) is 29.2 Å². The Labute approximate surface area is 173 Å². The van der Waals surface area contributed by atoms with Gasteiger partial charge in [0.05, 0.1) is 13.2 Å². The predicted octanol–water partition coefficient (Wildman–Crippen LogP) is 4.66. The molecule has 5 heteroatoms. The first-order valence-corrected chi connectivity index (χ1v) is 10.3. The second-order valence-electron chi connectivity index (χ2n) is 8.06. The Morgan fingerprint density at radius 3 is 2.03 bits per heavy atom. The molecule has 2 aromatic rings. The Morgan fingerprint density at radius 1 is 0.897 bits per heavy atom. The minimum atomic E-state index is -0.198. The van der Waals surface area contributed by atoms with Crippen molar-refractivity contribution in [3.8, 4) is 0 Å². The van der Waals surface area contributed by atoms with E-state index in [0.29, 0.717) is 49.3 Å². The van der Waals surface area contributed by atoms with Crippen molar-refractivity contribution in [2.75, 3.05) is 31.6 Å². The van der Waals surface area contributed by atoms with Gasteiger partial charge in [0.25, 0.3) is 11.8 Å². The summed E-state index contributed by atoms with van der Waals surface area (Å²) in [5.41, 5.74) is 4.13. The van der Waals surface area contributed by atoms with Crippen LogP contribution in [-0.2, 0) is 4.74 Å². The van der Waals surface area contributed by atoms with Crippen molar-refractivity contribution in [3.05, 3.63) is 64.7 Å². The number of carbonyl (C=O) groups is 2. The molecule has 0 aromatic heterocycles. The predicted molar refractivity (Wildman–Crippen MR) is 116 cm³/mol.